The first kappa shape index (κ1) is 22.1. The Kier molecular flexibility index (Phi) is 7.50. The van der Waals surface area contributed by atoms with Crippen LogP contribution >= 0.6 is 0 Å². The molecule has 2 atom stereocenters. The smallest absolute Gasteiger partial charge is 0.240 e. The van der Waals surface area contributed by atoms with Crippen LogP contribution in [-0.4, -0.2) is 45.4 Å². The number of primary amides is 1. The zero-order chi connectivity index (χ0) is 21.6. The molecular weight excluding hydrogens is 368 g/mol. The van der Waals surface area contributed by atoms with E-state index in [4.69, 9.17) is 11.5 Å². The summed E-state index contributed by atoms with van der Waals surface area (Å²) in [6, 6.07) is 5.34. The topological polar surface area (TPSA) is 123 Å². The van der Waals surface area contributed by atoms with Crippen molar-refractivity contribution in [2.45, 2.75) is 39.3 Å². The molecule has 0 radical (unpaired) electrons. The molecule has 2 aromatic rings. The summed E-state index contributed by atoms with van der Waals surface area (Å²) in [4.78, 5) is 30.2. The summed E-state index contributed by atoms with van der Waals surface area (Å²) in [5.74, 6) is -0.788. The normalized spacial score (nSPS) is 13.2. The molecule has 0 aliphatic rings. The molecule has 154 valence electrons. The lowest BCUT2D eigenvalue weighted by atomic mass is 9.95. The van der Waals surface area contributed by atoms with Gasteiger partial charge in [0.2, 0.25) is 11.8 Å². The number of nitrogens with zero attached hydrogens (tertiary/aromatic N) is 2. The van der Waals surface area contributed by atoms with Crippen LogP contribution in [0.4, 0.5) is 0 Å². The van der Waals surface area contributed by atoms with Crippen LogP contribution in [0.2, 0.25) is 0 Å². The number of phenolic OH excluding ortho intramolecular Hbond substituents is 1. The van der Waals surface area contributed by atoms with Crippen LogP contribution in [0.25, 0.3) is 6.08 Å². The number of hydrogen-bond acceptors (Lipinski definition) is 5. The second kappa shape index (κ2) is 9.84. The van der Waals surface area contributed by atoms with E-state index in [1.807, 2.05) is 32.1 Å². The Morgan fingerprint density at radius 2 is 1.93 bits per heavy atom. The van der Waals surface area contributed by atoms with Crippen molar-refractivity contribution in [3.05, 3.63) is 65.0 Å². The highest BCUT2D eigenvalue weighted by Gasteiger charge is 2.28. The number of aromatic hydroxyl groups is 1. The van der Waals surface area contributed by atoms with Gasteiger partial charge in [0, 0.05) is 18.9 Å². The van der Waals surface area contributed by atoms with Gasteiger partial charge in [-0.25, -0.2) is 0 Å². The average Bonchev–Trinajstić information content (AvgIpc) is 2.67. The van der Waals surface area contributed by atoms with Gasteiger partial charge in [0.15, 0.2) is 0 Å². The summed E-state index contributed by atoms with van der Waals surface area (Å²) in [6.07, 6.45) is 7.26. The molecule has 0 spiro atoms. The third-order valence-electron chi connectivity index (χ3n) is 4.88. The van der Waals surface area contributed by atoms with Gasteiger partial charge >= 0.3 is 0 Å². The molecule has 7 heteroatoms. The van der Waals surface area contributed by atoms with Crippen molar-refractivity contribution < 1.29 is 14.7 Å². The summed E-state index contributed by atoms with van der Waals surface area (Å²) in [7, 11) is 0. The molecule has 0 unspecified atom stereocenters. The monoisotopic (exact) mass is 396 g/mol. The highest BCUT2D eigenvalue weighted by molar-refractivity contribution is 5.89. The number of carbonyl (C=O) groups is 2. The van der Waals surface area contributed by atoms with Crippen molar-refractivity contribution in [1.29, 1.82) is 0 Å². The molecule has 0 fully saturated rings. The third-order valence-corrected chi connectivity index (χ3v) is 4.88. The second-order valence-electron chi connectivity index (χ2n) is 7.13. The fourth-order valence-corrected chi connectivity index (χ4v) is 3.18. The Labute approximate surface area is 171 Å². The molecular formula is C22H28N4O3. The number of benzene rings is 1. The molecule has 0 saturated carbocycles. The molecule has 5 N–H and O–H groups in total. The Hall–Kier alpha value is -3.19. The SMILES string of the molecule is Cc1cc(O)cc(C)c1C[C@H](N)C(=O)N(C/C=C/c1cccnc1)[C@H](C)C(N)=O. The Morgan fingerprint density at radius 3 is 2.48 bits per heavy atom. The highest BCUT2D eigenvalue weighted by Crippen LogP contribution is 2.22. The number of phenols is 1. The van der Waals surface area contributed by atoms with Crippen molar-refractivity contribution in [2.24, 2.45) is 11.5 Å². The van der Waals surface area contributed by atoms with Crippen molar-refractivity contribution in [3.8, 4) is 5.75 Å². The minimum Gasteiger partial charge on any atom is -0.508 e. The van der Waals surface area contributed by atoms with Gasteiger partial charge in [-0.1, -0.05) is 18.2 Å². The van der Waals surface area contributed by atoms with Crippen LogP contribution in [0.1, 0.15) is 29.2 Å². The van der Waals surface area contributed by atoms with Crippen molar-refractivity contribution in [3.63, 3.8) is 0 Å². The van der Waals surface area contributed by atoms with Gasteiger partial charge in [-0.15, -0.1) is 0 Å². The Bertz CT molecular complexity index is 873. The average molecular weight is 396 g/mol. The first-order valence-electron chi connectivity index (χ1n) is 9.41. The van der Waals surface area contributed by atoms with Crippen LogP contribution < -0.4 is 11.5 Å². The number of aryl methyl sites for hydroxylation is 2. The van der Waals surface area contributed by atoms with E-state index in [1.165, 1.54) is 4.90 Å². The van der Waals surface area contributed by atoms with E-state index in [1.54, 1.807) is 37.5 Å². The number of nitrogens with two attached hydrogens (primary N) is 2. The quantitative estimate of drug-likeness (QED) is 0.627. The lowest BCUT2D eigenvalue weighted by Crippen LogP contribution is -2.52. The van der Waals surface area contributed by atoms with Crippen LogP contribution in [0, 0.1) is 13.8 Å². The lowest BCUT2D eigenvalue weighted by Gasteiger charge is -2.29. The predicted molar refractivity (Wildman–Crippen MR) is 113 cm³/mol. The minimum absolute atomic E-state index is 0.174. The highest BCUT2D eigenvalue weighted by atomic mass is 16.3. The number of amides is 2. The fourth-order valence-electron chi connectivity index (χ4n) is 3.18. The van der Waals surface area contributed by atoms with E-state index in [0.717, 1.165) is 22.3 Å². The van der Waals surface area contributed by atoms with E-state index < -0.39 is 18.0 Å². The number of aromatic nitrogens is 1. The van der Waals surface area contributed by atoms with Crippen LogP contribution in [0.15, 0.2) is 42.7 Å². The molecule has 0 aliphatic carbocycles. The van der Waals surface area contributed by atoms with E-state index in [9.17, 15) is 14.7 Å². The fraction of sp³-hybridized carbons (Fsp3) is 0.318. The molecule has 1 aromatic carbocycles. The Balaban J connectivity index is 2.18. The summed E-state index contributed by atoms with van der Waals surface area (Å²) in [6.45, 7) is 5.50. The summed E-state index contributed by atoms with van der Waals surface area (Å²) >= 11 is 0. The third kappa shape index (κ3) is 5.89. The number of carbonyl (C=O) groups excluding carboxylic acids is 2. The van der Waals surface area contributed by atoms with Gasteiger partial charge in [0.1, 0.15) is 11.8 Å². The maximum Gasteiger partial charge on any atom is 0.240 e. The van der Waals surface area contributed by atoms with Gasteiger partial charge in [-0.3, -0.25) is 14.6 Å². The number of pyridine rings is 1. The van der Waals surface area contributed by atoms with Crippen molar-refractivity contribution >= 4 is 17.9 Å². The van der Waals surface area contributed by atoms with Crippen LogP contribution in [-0.2, 0) is 16.0 Å². The zero-order valence-electron chi connectivity index (χ0n) is 17.0. The predicted octanol–water partition coefficient (Wildman–Crippen LogP) is 1.69. The minimum atomic E-state index is -0.842. The van der Waals surface area contributed by atoms with Crippen molar-refractivity contribution in [1.82, 2.24) is 9.88 Å². The molecule has 1 aromatic heterocycles. The van der Waals surface area contributed by atoms with Gasteiger partial charge in [0.05, 0.1) is 6.04 Å². The van der Waals surface area contributed by atoms with Gasteiger partial charge in [-0.2, -0.15) is 0 Å². The van der Waals surface area contributed by atoms with Gasteiger partial charge in [0.25, 0.3) is 0 Å². The maximum absolute atomic E-state index is 13.0. The summed E-state index contributed by atoms with van der Waals surface area (Å²) < 4.78 is 0. The van der Waals surface area contributed by atoms with E-state index >= 15 is 0 Å². The second-order valence-corrected chi connectivity index (χ2v) is 7.13. The largest absolute Gasteiger partial charge is 0.508 e. The molecule has 2 amide bonds. The molecule has 7 nitrogen and oxygen atoms in total. The zero-order valence-corrected chi connectivity index (χ0v) is 17.0. The number of rotatable bonds is 8. The van der Waals surface area contributed by atoms with Crippen LogP contribution in [0.3, 0.4) is 0 Å². The molecule has 2 rings (SSSR count). The van der Waals surface area contributed by atoms with Gasteiger partial charge < -0.3 is 21.5 Å². The molecule has 29 heavy (non-hydrogen) atoms. The summed E-state index contributed by atoms with van der Waals surface area (Å²) in [5.41, 5.74) is 15.1. The standard InChI is InChI=1S/C22H28N4O3/c1-14-10-18(27)11-15(2)19(14)12-20(23)22(29)26(16(3)21(24)28)9-5-7-17-6-4-8-25-13-17/h4-8,10-11,13,16,20,27H,9,12,23H2,1-3H3,(H2,24,28)/b7-5+/t16-,20+/m1/s1. The Morgan fingerprint density at radius 1 is 1.28 bits per heavy atom. The first-order chi connectivity index (χ1) is 13.7. The van der Waals surface area contributed by atoms with E-state index in [0.29, 0.717) is 6.42 Å². The number of hydrogen-bond donors (Lipinski definition) is 3. The maximum atomic E-state index is 13.0. The molecule has 0 saturated heterocycles. The summed E-state index contributed by atoms with van der Waals surface area (Å²) in [5, 5.41) is 9.70. The van der Waals surface area contributed by atoms with Crippen LogP contribution in [0.5, 0.6) is 5.75 Å². The van der Waals surface area contributed by atoms with E-state index in [-0.39, 0.29) is 18.2 Å². The first-order valence-corrected chi connectivity index (χ1v) is 9.41. The molecule has 0 aliphatic heterocycles. The molecule has 1 heterocycles. The molecule has 0 bridgehead atoms. The van der Waals surface area contributed by atoms with Crippen molar-refractivity contribution in [2.75, 3.05) is 6.54 Å². The lowest BCUT2D eigenvalue weighted by molar-refractivity contribution is -0.139. The van der Waals surface area contributed by atoms with E-state index in [2.05, 4.69) is 4.98 Å². The van der Waals surface area contributed by atoms with Gasteiger partial charge in [-0.05, 0) is 67.6 Å².